The number of para-hydroxylation sites is 1. The Kier molecular flexibility index (Phi) is 4.95. The monoisotopic (exact) mass is 342 g/mol. The quantitative estimate of drug-likeness (QED) is 0.575. The predicted octanol–water partition coefficient (Wildman–Crippen LogP) is 4.03. The molecule has 0 aliphatic carbocycles. The predicted molar refractivity (Wildman–Crippen MR) is 102 cm³/mol. The van der Waals surface area contributed by atoms with Crippen LogP contribution in [-0.4, -0.2) is 15.7 Å². The molecule has 0 saturated heterocycles. The topological polar surface area (TPSA) is 70.7 Å². The van der Waals surface area contributed by atoms with Gasteiger partial charge in [0.1, 0.15) is 11.6 Å². The van der Waals surface area contributed by atoms with E-state index >= 15 is 0 Å². The maximum absolute atomic E-state index is 12.4. The normalized spacial score (nSPS) is 11.0. The molecule has 0 aliphatic rings. The first kappa shape index (κ1) is 17.2. The second-order valence-electron chi connectivity index (χ2n) is 6.00. The molecule has 5 nitrogen and oxygen atoms in total. The maximum atomic E-state index is 12.4. The Morgan fingerprint density at radius 2 is 1.96 bits per heavy atom. The first-order valence-corrected chi connectivity index (χ1v) is 8.17. The molecule has 0 fully saturated rings. The number of amides is 1. The fourth-order valence-electron chi connectivity index (χ4n) is 2.59. The molecule has 1 amide bonds. The van der Waals surface area contributed by atoms with Gasteiger partial charge in [0.25, 0.3) is 5.91 Å². The molecule has 1 N–H and O–H groups in total. The zero-order valence-electron chi connectivity index (χ0n) is 14.6. The minimum atomic E-state index is -0.438. The molecule has 0 aliphatic heterocycles. The molecule has 128 valence electrons. The lowest BCUT2D eigenvalue weighted by Crippen LogP contribution is -2.14. The van der Waals surface area contributed by atoms with Gasteiger partial charge >= 0.3 is 0 Å². The molecule has 1 aromatic heterocycles. The van der Waals surface area contributed by atoms with E-state index in [-0.39, 0.29) is 5.57 Å². The summed E-state index contributed by atoms with van der Waals surface area (Å²) in [6, 6.07) is 17.3. The maximum Gasteiger partial charge on any atom is 0.266 e. The number of benzene rings is 2. The van der Waals surface area contributed by atoms with E-state index in [1.54, 1.807) is 17.1 Å². The van der Waals surface area contributed by atoms with Gasteiger partial charge in [0, 0.05) is 17.4 Å². The number of hydrogen-bond acceptors (Lipinski definition) is 3. The first-order valence-electron chi connectivity index (χ1n) is 8.17. The van der Waals surface area contributed by atoms with Crippen LogP contribution in [0.3, 0.4) is 0 Å². The molecule has 0 spiro atoms. The van der Waals surface area contributed by atoms with Gasteiger partial charge in [0.2, 0.25) is 0 Å². The molecule has 5 heteroatoms. The summed E-state index contributed by atoms with van der Waals surface area (Å²) in [5.74, 6) is -0.438. The zero-order valence-corrected chi connectivity index (χ0v) is 14.6. The van der Waals surface area contributed by atoms with Gasteiger partial charge in [-0.1, -0.05) is 35.9 Å². The lowest BCUT2D eigenvalue weighted by atomic mass is 10.1. The van der Waals surface area contributed by atoms with E-state index < -0.39 is 5.91 Å². The zero-order chi connectivity index (χ0) is 18.5. The second-order valence-corrected chi connectivity index (χ2v) is 6.00. The van der Waals surface area contributed by atoms with E-state index in [1.165, 1.54) is 6.08 Å². The summed E-state index contributed by atoms with van der Waals surface area (Å²) < 4.78 is 1.70. The molecule has 3 aromatic rings. The summed E-state index contributed by atoms with van der Waals surface area (Å²) in [5.41, 5.74) is 4.38. The Morgan fingerprint density at radius 3 is 2.65 bits per heavy atom. The third kappa shape index (κ3) is 3.87. The van der Waals surface area contributed by atoms with Crippen molar-refractivity contribution in [1.82, 2.24) is 9.78 Å². The van der Waals surface area contributed by atoms with Gasteiger partial charge < -0.3 is 5.32 Å². The molecule has 0 saturated carbocycles. The average molecular weight is 342 g/mol. The third-order valence-corrected chi connectivity index (χ3v) is 3.93. The van der Waals surface area contributed by atoms with Crippen LogP contribution < -0.4 is 5.32 Å². The van der Waals surface area contributed by atoms with E-state index in [0.717, 1.165) is 16.8 Å². The molecule has 0 bridgehead atoms. The fraction of sp³-hybridized carbons (Fsp3) is 0.0952. The van der Waals surface area contributed by atoms with Crippen LogP contribution in [0.15, 0.2) is 66.5 Å². The van der Waals surface area contributed by atoms with Crippen molar-refractivity contribution < 1.29 is 4.79 Å². The van der Waals surface area contributed by atoms with E-state index in [1.807, 2.05) is 68.4 Å². The molecule has 0 atom stereocenters. The minimum absolute atomic E-state index is 0.0255. The van der Waals surface area contributed by atoms with E-state index in [9.17, 15) is 10.1 Å². The van der Waals surface area contributed by atoms with Gasteiger partial charge in [-0.2, -0.15) is 10.4 Å². The summed E-state index contributed by atoms with van der Waals surface area (Å²) >= 11 is 0. The van der Waals surface area contributed by atoms with Crippen LogP contribution in [0.2, 0.25) is 0 Å². The molecule has 0 unspecified atom stereocenters. The van der Waals surface area contributed by atoms with Crippen molar-refractivity contribution in [3.63, 3.8) is 0 Å². The Hall–Kier alpha value is -3.65. The Balaban J connectivity index is 1.81. The summed E-state index contributed by atoms with van der Waals surface area (Å²) in [6.45, 7) is 3.91. The highest BCUT2D eigenvalue weighted by molar-refractivity contribution is 6.09. The lowest BCUT2D eigenvalue weighted by Gasteiger charge is -2.08. The van der Waals surface area contributed by atoms with Crippen molar-refractivity contribution in [3.8, 4) is 11.8 Å². The average Bonchev–Trinajstić information content (AvgIpc) is 3.11. The summed E-state index contributed by atoms with van der Waals surface area (Å²) in [5, 5.41) is 16.4. The number of nitriles is 1. The van der Waals surface area contributed by atoms with Crippen molar-refractivity contribution in [3.05, 3.63) is 83.2 Å². The third-order valence-electron chi connectivity index (χ3n) is 3.93. The van der Waals surface area contributed by atoms with Gasteiger partial charge in [0.15, 0.2) is 0 Å². The van der Waals surface area contributed by atoms with Crippen molar-refractivity contribution in [2.45, 2.75) is 13.8 Å². The molecule has 2 aromatic carbocycles. The van der Waals surface area contributed by atoms with Crippen LogP contribution in [0, 0.1) is 25.2 Å². The van der Waals surface area contributed by atoms with Crippen LogP contribution in [-0.2, 0) is 4.79 Å². The minimum Gasteiger partial charge on any atom is -0.321 e. The molecule has 1 heterocycles. The van der Waals surface area contributed by atoms with Crippen molar-refractivity contribution >= 4 is 17.7 Å². The highest BCUT2D eigenvalue weighted by atomic mass is 16.1. The number of rotatable bonds is 4. The molecular formula is C21H18N4O. The van der Waals surface area contributed by atoms with Crippen molar-refractivity contribution in [2.75, 3.05) is 5.32 Å². The van der Waals surface area contributed by atoms with Gasteiger partial charge in [-0.25, -0.2) is 4.68 Å². The number of aryl methyl sites for hydroxylation is 2. The number of nitrogens with zero attached hydrogens (tertiary/aromatic N) is 3. The van der Waals surface area contributed by atoms with Crippen LogP contribution in [0.5, 0.6) is 0 Å². The highest BCUT2D eigenvalue weighted by Crippen LogP contribution is 2.18. The van der Waals surface area contributed by atoms with Crippen LogP contribution in [0.1, 0.15) is 16.7 Å². The molecule has 26 heavy (non-hydrogen) atoms. The summed E-state index contributed by atoms with van der Waals surface area (Å²) in [4.78, 5) is 12.4. The SMILES string of the molecule is Cc1ccc(NC(=O)/C(C#N)=C/c2cnn(-c3ccccc3)c2)c(C)c1. The Morgan fingerprint density at radius 1 is 1.19 bits per heavy atom. The number of aromatic nitrogens is 2. The largest absolute Gasteiger partial charge is 0.321 e. The van der Waals surface area contributed by atoms with E-state index in [0.29, 0.717) is 11.3 Å². The van der Waals surface area contributed by atoms with Crippen molar-refractivity contribution in [1.29, 1.82) is 5.26 Å². The number of anilines is 1. The number of nitrogens with one attached hydrogen (secondary N) is 1. The Labute approximate surface area is 152 Å². The molecular weight excluding hydrogens is 324 g/mol. The number of carbonyl (C=O) groups is 1. The van der Waals surface area contributed by atoms with Crippen LogP contribution in [0.4, 0.5) is 5.69 Å². The van der Waals surface area contributed by atoms with Crippen LogP contribution in [0.25, 0.3) is 11.8 Å². The standard InChI is InChI=1S/C21H18N4O/c1-15-8-9-20(16(2)10-15)24-21(26)18(12-22)11-17-13-23-25(14-17)19-6-4-3-5-7-19/h3-11,13-14H,1-2H3,(H,24,26)/b18-11+. The van der Waals surface area contributed by atoms with Crippen molar-refractivity contribution in [2.24, 2.45) is 0 Å². The number of hydrogen-bond donors (Lipinski definition) is 1. The summed E-state index contributed by atoms with van der Waals surface area (Å²) in [6.07, 6.45) is 4.93. The van der Waals surface area contributed by atoms with E-state index in [2.05, 4.69) is 10.4 Å². The molecule has 0 radical (unpaired) electrons. The highest BCUT2D eigenvalue weighted by Gasteiger charge is 2.11. The first-order chi connectivity index (χ1) is 12.6. The lowest BCUT2D eigenvalue weighted by molar-refractivity contribution is -0.112. The van der Waals surface area contributed by atoms with Gasteiger partial charge in [-0.15, -0.1) is 0 Å². The molecule has 3 rings (SSSR count). The summed E-state index contributed by atoms with van der Waals surface area (Å²) in [7, 11) is 0. The second kappa shape index (κ2) is 7.49. The van der Waals surface area contributed by atoms with E-state index in [4.69, 9.17) is 0 Å². The smallest absolute Gasteiger partial charge is 0.266 e. The Bertz CT molecular complexity index is 1010. The van der Waals surface area contributed by atoms with Gasteiger partial charge in [-0.05, 0) is 43.7 Å². The van der Waals surface area contributed by atoms with Gasteiger partial charge in [-0.3, -0.25) is 4.79 Å². The van der Waals surface area contributed by atoms with Crippen LogP contribution >= 0.6 is 0 Å². The fourth-order valence-corrected chi connectivity index (χ4v) is 2.59. The number of carbonyl (C=O) groups excluding carboxylic acids is 1. The van der Waals surface area contributed by atoms with Gasteiger partial charge in [0.05, 0.1) is 11.9 Å².